The molecule has 9 heteroatoms. The fraction of sp³-hybridized carbons (Fsp3) is 0.269. The number of nitrogens with one attached hydrogen (secondary N) is 3. The Kier molecular flexibility index (Phi) is 8.59. The highest BCUT2D eigenvalue weighted by Gasteiger charge is 2.22. The number of sulfonamides is 1. The maximum atomic E-state index is 12.9. The number of amides is 2. The summed E-state index contributed by atoms with van der Waals surface area (Å²) < 4.78 is 28.4. The Bertz CT molecular complexity index is 1340. The number of hydrogen-bond donors (Lipinski definition) is 3. The molecule has 0 aliphatic heterocycles. The second kappa shape index (κ2) is 11.6. The Morgan fingerprint density at radius 1 is 0.914 bits per heavy atom. The number of carbonyl (C=O) groups excluding carboxylic acids is 3. The SMILES string of the molecule is CCCCC(NC(=O)c1cccc(NS(=O)(=O)c2ccc3ccccc3c2)c1)C(=O)CNC(C)=O. The number of carbonyl (C=O) groups is 3. The maximum Gasteiger partial charge on any atom is 0.261 e. The minimum atomic E-state index is -3.89. The standard InChI is InChI=1S/C26H29N3O5S/c1-3-4-12-24(25(31)17-27-18(2)30)28-26(32)21-10-7-11-22(15-21)29-35(33,34)23-14-13-19-8-5-6-9-20(19)16-23/h5-11,13-16,24,29H,3-4,12,17H2,1-2H3,(H,27,30)(H,28,32). The molecule has 0 aromatic heterocycles. The number of anilines is 1. The molecule has 0 fully saturated rings. The molecule has 0 aliphatic carbocycles. The molecule has 1 atom stereocenters. The molecule has 8 nitrogen and oxygen atoms in total. The summed E-state index contributed by atoms with van der Waals surface area (Å²) >= 11 is 0. The van der Waals surface area contributed by atoms with E-state index in [1.165, 1.54) is 19.1 Å². The fourth-order valence-corrected chi connectivity index (χ4v) is 4.66. The van der Waals surface area contributed by atoms with Crippen LogP contribution >= 0.6 is 0 Å². The van der Waals surface area contributed by atoms with Gasteiger partial charge >= 0.3 is 0 Å². The van der Waals surface area contributed by atoms with E-state index >= 15 is 0 Å². The summed E-state index contributed by atoms with van der Waals surface area (Å²) in [7, 11) is -3.89. The molecule has 3 aromatic rings. The molecule has 0 spiro atoms. The van der Waals surface area contributed by atoms with Crippen molar-refractivity contribution < 1.29 is 22.8 Å². The van der Waals surface area contributed by atoms with Crippen molar-refractivity contribution in [2.45, 2.75) is 44.0 Å². The quantitative estimate of drug-likeness (QED) is 0.375. The van der Waals surface area contributed by atoms with E-state index in [-0.39, 0.29) is 34.4 Å². The van der Waals surface area contributed by atoms with Gasteiger partial charge in [-0.25, -0.2) is 8.42 Å². The summed E-state index contributed by atoms with van der Waals surface area (Å²) in [5, 5.41) is 6.90. The van der Waals surface area contributed by atoms with E-state index < -0.39 is 22.0 Å². The molecule has 0 saturated carbocycles. The Balaban J connectivity index is 1.75. The number of ketones is 1. The van der Waals surface area contributed by atoms with E-state index in [1.807, 2.05) is 31.2 Å². The topological polar surface area (TPSA) is 121 Å². The number of fused-ring (bicyclic) bond motifs is 1. The van der Waals surface area contributed by atoms with Crippen molar-refractivity contribution in [3.05, 3.63) is 72.3 Å². The molecule has 3 rings (SSSR count). The molecule has 184 valence electrons. The second-order valence-electron chi connectivity index (χ2n) is 8.24. The molecule has 0 heterocycles. The third-order valence-corrected chi connectivity index (χ3v) is 6.84. The van der Waals surface area contributed by atoms with Gasteiger partial charge < -0.3 is 10.6 Å². The van der Waals surface area contributed by atoms with Gasteiger partial charge in [0.2, 0.25) is 5.91 Å². The first-order valence-electron chi connectivity index (χ1n) is 11.4. The average Bonchev–Trinajstić information content (AvgIpc) is 2.84. The summed E-state index contributed by atoms with van der Waals surface area (Å²) in [5.41, 5.74) is 0.429. The summed E-state index contributed by atoms with van der Waals surface area (Å²) in [6, 6.07) is 17.6. The van der Waals surface area contributed by atoms with Crippen molar-refractivity contribution in [3.8, 4) is 0 Å². The predicted octanol–water partition coefficient (Wildman–Crippen LogP) is 3.63. The van der Waals surface area contributed by atoms with Crippen LogP contribution in [0.15, 0.2) is 71.6 Å². The lowest BCUT2D eigenvalue weighted by molar-refractivity contribution is -0.124. The number of hydrogen-bond acceptors (Lipinski definition) is 5. The molecule has 0 saturated heterocycles. The number of benzene rings is 3. The first-order valence-corrected chi connectivity index (χ1v) is 12.9. The van der Waals surface area contributed by atoms with Gasteiger partial charge in [0.1, 0.15) is 0 Å². The maximum absolute atomic E-state index is 12.9. The van der Waals surface area contributed by atoms with E-state index in [2.05, 4.69) is 15.4 Å². The third kappa shape index (κ3) is 7.13. The first kappa shape index (κ1) is 25.9. The minimum absolute atomic E-state index is 0.106. The van der Waals surface area contributed by atoms with Crippen molar-refractivity contribution >= 4 is 44.1 Å². The smallest absolute Gasteiger partial charge is 0.261 e. The molecule has 0 radical (unpaired) electrons. The summed E-state index contributed by atoms with van der Waals surface area (Å²) in [4.78, 5) is 36.6. The molecule has 0 aliphatic rings. The zero-order valence-electron chi connectivity index (χ0n) is 19.7. The van der Waals surface area contributed by atoms with Crippen molar-refractivity contribution in [1.29, 1.82) is 0 Å². The lowest BCUT2D eigenvalue weighted by Crippen LogP contribution is -2.45. The van der Waals surface area contributed by atoms with Gasteiger partial charge in [-0.05, 0) is 47.5 Å². The largest absolute Gasteiger partial charge is 0.349 e. The van der Waals surface area contributed by atoms with Crippen molar-refractivity contribution in [2.24, 2.45) is 0 Å². The Morgan fingerprint density at radius 3 is 2.37 bits per heavy atom. The van der Waals surface area contributed by atoms with Crippen LogP contribution in [0, 0.1) is 0 Å². The van der Waals surface area contributed by atoms with Crippen LogP contribution in [-0.2, 0) is 19.6 Å². The zero-order chi connectivity index (χ0) is 25.4. The van der Waals surface area contributed by atoms with E-state index in [0.29, 0.717) is 6.42 Å². The molecule has 1 unspecified atom stereocenters. The second-order valence-corrected chi connectivity index (χ2v) is 9.92. The highest BCUT2D eigenvalue weighted by molar-refractivity contribution is 7.92. The summed E-state index contributed by atoms with van der Waals surface area (Å²) in [5.74, 6) is -1.13. The highest BCUT2D eigenvalue weighted by Crippen LogP contribution is 2.22. The lowest BCUT2D eigenvalue weighted by atomic mass is 10.0. The van der Waals surface area contributed by atoms with Gasteiger partial charge in [0.05, 0.1) is 17.5 Å². The predicted molar refractivity (Wildman–Crippen MR) is 136 cm³/mol. The third-order valence-electron chi connectivity index (χ3n) is 5.46. The molecule has 0 bridgehead atoms. The number of Topliss-reactive ketones (excluding diaryl/α,β-unsaturated/α-hetero) is 1. The first-order chi connectivity index (χ1) is 16.7. The Morgan fingerprint density at radius 2 is 1.66 bits per heavy atom. The number of unbranched alkanes of at least 4 members (excludes halogenated alkanes) is 1. The molecular formula is C26H29N3O5S. The van der Waals surface area contributed by atoms with Gasteiger partial charge in [-0.2, -0.15) is 0 Å². The Labute approximate surface area is 205 Å². The molecular weight excluding hydrogens is 466 g/mol. The minimum Gasteiger partial charge on any atom is -0.349 e. The van der Waals surface area contributed by atoms with Crippen LogP contribution in [0.25, 0.3) is 10.8 Å². The van der Waals surface area contributed by atoms with Crippen LogP contribution in [0.5, 0.6) is 0 Å². The van der Waals surface area contributed by atoms with Crippen LogP contribution in [0.1, 0.15) is 43.5 Å². The van der Waals surface area contributed by atoms with Gasteiger partial charge in [0, 0.05) is 18.2 Å². The average molecular weight is 496 g/mol. The molecule has 2 amide bonds. The normalized spacial score (nSPS) is 12.1. The van der Waals surface area contributed by atoms with Gasteiger partial charge in [-0.1, -0.05) is 56.2 Å². The van der Waals surface area contributed by atoms with Gasteiger partial charge in [-0.15, -0.1) is 0 Å². The van der Waals surface area contributed by atoms with Crippen LogP contribution < -0.4 is 15.4 Å². The highest BCUT2D eigenvalue weighted by atomic mass is 32.2. The van der Waals surface area contributed by atoms with Crippen LogP contribution in [-0.4, -0.2) is 38.6 Å². The molecule has 3 N–H and O–H groups in total. The molecule has 3 aromatic carbocycles. The van der Waals surface area contributed by atoms with E-state index in [9.17, 15) is 22.8 Å². The van der Waals surface area contributed by atoms with Crippen LogP contribution in [0.4, 0.5) is 5.69 Å². The summed E-state index contributed by atoms with van der Waals surface area (Å²) in [6.07, 6.45) is 2.00. The van der Waals surface area contributed by atoms with E-state index in [4.69, 9.17) is 0 Å². The van der Waals surface area contributed by atoms with Crippen molar-refractivity contribution in [2.75, 3.05) is 11.3 Å². The van der Waals surface area contributed by atoms with Crippen molar-refractivity contribution in [3.63, 3.8) is 0 Å². The van der Waals surface area contributed by atoms with Crippen LogP contribution in [0.2, 0.25) is 0 Å². The fourth-order valence-electron chi connectivity index (χ4n) is 3.57. The zero-order valence-corrected chi connectivity index (χ0v) is 20.5. The van der Waals surface area contributed by atoms with Gasteiger partial charge in [0.25, 0.3) is 15.9 Å². The monoisotopic (exact) mass is 495 g/mol. The van der Waals surface area contributed by atoms with Gasteiger partial charge in [0.15, 0.2) is 5.78 Å². The van der Waals surface area contributed by atoms with Gasteiger partial charge in [-0.3, -0.25) is 19.1 Å². The van der Waals surface area contributed by atoms with Crippen molar-refractivity contribution in [1.82, 2.24) is 10.6 Å². The Hall–Kier alpha value is -3.72. The lowest BCUT2D eigenvalue weighted by Gasteiger charge is -2.18. The van der Waals surface area contributed by atoms with Crippen LogP contribution in [0.3, 0.4) is 0 Å². The number of rotatable bonds is 11. The molecule has 35 heavy (non-hydrogen) atoms. The summed E-state index contributed by atoms with van der Waals surface area (Å²) in [6.45, 7) is 3.12. The van der Waals surface area contributed by atoms with E-state index in [0.717, 1.165) is 23.6 Å². The van der Waals surface area contributed by atoms with E-state index in [1.54, 1.807) is 30.3 Å².